The first-order valence-electron chi connectivity index (χ1n) is 17.6. The van der Waals surface area contributed by atoms with Crippen molar-refractivity contribution in [1.29, 1.82) is 0 Å². The highest BCUT2D eigenvalue weighted by atomic mass is 15.0. The van der Waals surface area contributed by atoms with Crippen molar-refractivity contribution in [2.24, 2.45) is 0 Å². The van der Waals surface area contributed by atoms with Crippen molar-refractivity contribution < 1.29 is 0 Å². The molecule has 0 unspecified atom stereocenters. The molecule has 0 spiro atoms. The second kappa shape index (κ2) is 11.5. The van der Waals surface area contributed by atoms with Crippen molar-refractivity contribution in [1.82, 2.24) is 24.1 Å². The lowest BCUT2D eigenvalue weighted by Gasteiger charge is -2.20. The molecule has 0 amide bonds. The maximum Gasteiger partial charge on any atom is 0.163 e. The molecule has 6 aromatic carbocycles. The van der Waals surface area contributed by atoms with Crippen LogP contribution in [0.2, 0.25) is 0 Å². The fraction of sp³-hybridized carbons (Fsp3) is 0.152. The summed E-state index contributed by atoms with van der Waals surface area (Å²) in [4.78, 5) is 14.1. The Morgan fingerprint density at radius 3 is 1.24 bits per heavy atom. The fourth-order valence-electron chi connectivity index (χ4n) is 7.88. The van der Waals surface area contributed by atoms with E-state index in [9.17, 15) is 0 Å². The first-order valence-corrected chi connectivity index (χ1v) is 17.6. The fourth-order valence-corrected chi connectivity index (χ4v) is 7.88. The van der Waals surface area contributed by atoms with Crippen LogP contribution in [0.15, 0.2) is 109 Å². The minimum atomic E-state index is 0.679. The molecule has 0 radical (unpaired) electrons. The van der Waals surface area contributed by atoms with E-state index in [0.29, 0.717) is 17.5 Å². The largest absolute Gasteiger partial charge is 0.309 e. The number of hydrogen-bond donors (Lipinski definition) is 0. The second-order valence-electron chi connectivity index (χ2n) is 14.3. The van der Waals surface area contributed by atoms with Crippen molar-refractivity contribution >= 4 is 43.6 Å². The molecule has 9 rings (SSSR count). The standard InChI is InChI=1S/C46H39N5/c1-26-8-14-34-35-15-9-27(2)21-42(35)50(41(34)20-26)40-19-13-33(46-48-31(6)47-32(7)49-46)25-39(40)38-18-12-30(5)24-45(38)51-43-22-28(3)10-16-36(43)37-17-11-29(4)23-44(37)51/h8-25H,1-7H3. The van der Waals surface area contributed by atoms with Gasteiger partial charge in [-0.25, -0.2) is 15.0 Å². The van der Waals surface area contributed by atoms with E-state index in [2.05, 4.69) is 158 Å². The Labute approximate surface area is 297 Å². The maximum absolute atomic E-state index is 4.81. The molecule has 0 aliphatic heterocycles. The number of fused-ring (bicyclic) bond motifs is 6. The zero-order chi connectivity index (χ0) is 35.1. The average molecular weight is 662 g/mol. The monoisotopic (exact) mass is 661 g/mol. The molecule has 248 valence electrons. The van der Waals surface area contributed by atoms with E-state index in [1.54, 1.807) is 0 Å². The van der Waals surface area contributed by atoms with Crippen LogP contribution in [0, 0.1) is 48.5 Å². The predicted molar refractivity (Wildman–Crippen MR) is 213 cm³/mol. The summed E-state index contributed by atoms with van der Waals surface area (Å²) in [6.07, 6.45) is 0. The number of hydrogen-bond acceptors (Lipinski definition) is 3. The summed E-state index contributed by atoms with van der Waals surface area (Å²) in [7, 11) is 0. The molecule has 0 bridgehead atoms. The van der Waals surface area contributed by atoms with Crippen molar-refractivity contribution in [3.8, 4) is 33.9 Å². The third-order valence-electron chi connectivity index (χ3n) is 10.2. The van der Waals surface area contributed by atoms with Gasteiger partial charge in [0.15, 0.2) is 5.82 Å². The van der Waals surface area contributed by atoms with E-state index in [4.69, 9.17) is 9.97 Å². The number of aryl methyl sites for hydroxylation is 7. The Morgan fingerprint density at radius 1 is 0.353 bits per heavy atom. The van der Waals surface area contributed by atoms with Crippen molar-refractivity contribution in [3.63, 3.8) is 0 Å². The second-order valence-corrected chi connectivity index (χ2v) is 14.3. The first-order chi connectivity index (χ1) is 24.6. The molecule has 0 saturated carbocycles. The van der Waals surface area contributed by atoms with E-state index in [0.717, 1.165) is 28.1 Å². The molecule has 3 heterocycles. The SMILES string of the molecule is Cc1ccc(-c2cc(-c3nc(C)nc(C)n3)ccc2-n2c3cc(C)ccc3c3ccc(C)cc32)c(-n2c3cc(C)ccc3c3ccc(C)cc32)c1. The van der Waals surface area contributed by atoms with E-state index >= 15 is 0 Å². The van der Waals surface area contributed by atoms with Gasteiger partial charge in [0.25, 0.3) is 0 Å². The highest BCUT2D eigenvalue weighted by Crippen LogP contribution is 2.42. The van der Waals surface area contributed by atoms with E-state index < -0.39 is 0 Å². The normalized spacial score (nSPS) is 11.8. The summed E-state index contributed by atoms with van der Waals surface area (Å²) in [5, 5.41) is 4.99. The average Bonchev–Trinajstić information content (AvgIpc) is 3.57. The van der Waals surface area contributed by atoms with E-state index in [1.807, 2.05) is 13.8 Å². The number of benzene rings is 6. The van der Waals surface area contributed by atoms with Crippen molar-refractivity contribution in [2.75, 3.05) is 0 Å². The molecule has 3 aromatic heterocycles. The van der Waals surface area contributed by atoms with Crippen LogP contribution in [0.25, 0.3) is 77.5 Å². The predicted octanol–water partition coefficient (Wildman–Crippen LogP) is 11.6. The lowest BCUT2D eigenvalue weighted by atomic mass is 9.96. The van der Waals surface area contributed by atoms with Crippen LogP contribution in [-0.4, -0.2) is 24.1 Å². The molecule has 0 fully saturated rings. The third-order valence-corrected chi connectivity index (χ3v) is 10.2. The van der Waals surface area contributed by atoms with Gasteiger partial charge in [0.2, 0.25) is 0 Å². The Balaban J connectivity index is 1.44. The van der Waals surface area contributed by atoms with Gasteiger partial charge in [0.05, 0.1) is 33.4 Å². The Morgan fingerprint density at radius 2 is 0.765 bits per heavy atom. The summed E-state index contributed by atoms with van der Waals surface area (Å²) >= 11 is 0. The topological polar surface area (TPSA) is 48.5 Å². The van der Waals surface area contributed by atoms with Crippen molar-refractivity contribution in [2.45, 2.75) is 48.5 Å². The minimum Gasteiger partial charge on any atom is -0.309 e. The van der Waals surface area contributed by atoms with E-state index in [-0.39, 0.29) is 0 Å². The van der Waals surface area contributed by atoms with Gasteiger partial charge in [0.1, 0.15) is 11.6 Å². The summed E-state index contributed by atoms with van der Waals surface area (Å²) < 4.78 is 4.93. The van der Waals surface area contributed by atoms with Gasteiger partial charge in [-0.3, -0.25) is 0 Å². The van der Waals surface area contributed by atoms with Crippen LogP contribution in [0.5, 0.6) is 0 Å². The van der Waals surface area contributed by atoms with Crippen LogP contribution in [0.1, 0.15) is 39.5 Å². The Hall–Kier alpha value is -6.07. The first kappa shape index (κ1) is 30.9. The lowest BCUT2D eigenvalue weighted by molar-refractivity contribution is 0.928. The molecule has 5 heteroatoms. The highest BCUT2D eigenvalue weighted by Gasteiger charge is 2.22. The van der Waals surface area contributed by atoms with Crippen LogP contribution in [0.4, 0.5) is 0 Å². The molecular weight excluding hydrogens is 623 g/mol. The van der Waals surface area contributed by atoms with Gasteiger partial charge in [-0.05, 0) is 125 Å². The van der Waals surface area contributed by atoms with E-state index in [1.165, 1.54) is 71.4 Å². The number of aromatic nitrogens is 5. The molecular formula is C46H39N5. The van der Waals surface area contributed by atoms with Gasteiger partial charge < -0.3 is 9.13 Å². The lowest BCUT2D eigenvalue weighted by Crippen LogP contribution is -2.04. The van der Waals surface area contributed by atoms with Gasteiger partial charge in [-0.15, -0.1) is 0 Å². The molecule has 0 atom stereocenters. The van der Waals surface area contributed by atoms with Gasteiger partial charge in [-0.2, -0.15) is 0 Å². The molecule has 5 nitrogen and oxygen atoms in total. The Bertz CT molecular complexity index is 2750. The zero-order valence-electron chi connectivity index (χ0n) is 30.1. The third kappa shape index (κ3) is 5.03. The molecule has 9 aromatic rings. The van der Waals surface area contributed by atoms with Gasteiger partial charge in [0, 0.05) is 38.2 Å². The zero-order valence-corrected chi connectivity index (χ0v) is 30.1. The molecule has 0 N–H and O–H groups in total. The molecule has 0 saturated heterocycles. The molecule has 0 aliphatic carbocycles. The summed E-state index contributed by atoms with van der Waals surface area (Å²) in [6, 6.07) is 40.8. The quantitative estimate of drug-likeness (QED) is 0.189. The summed E-state index contributed by atoms with van der Waals surface area (Å²) in [5.74, 6) is 2.10. The Kier molecular flexibility index (Phi) is 6.97. The van der Waals surface area contributed by atoms with Crippen LogP contribution in [0.3, 0.4) is 0 Å². The molecule has 51 heavy (non-hydrogen) atoms. The number of rotatable bonds is 4. The summed E-state index contributed by atoms with van der Waals surface area (Å²) in [6.45, 7) is 14.7. The highest BCUT2D eigenvalue weighted by molar-refractivity contribution is 6.12. The van der Waals surface area contributed by atoms with Gasteiger partial charge >= 0.3 is 0 Å². The van der Waals surface area contributed by atoms with Crippen LogP contribution in [-0.2, 0) is 0 Å². The molecule has 0 aliphatic rings. The van der Waals surface area contributed by atoms with Crippen molar-refractivity contribution in [3.05, 3.63) is 149 Å². The maximum atomic E-state index is 4.81. The smallest absolute Gasteiger partial charge is 0.163 e. The van der Waals surface area contributed by atoms with Crippen LogP contribution < -0.4 is 0 Å². The summed E-state index contributed by atoms with van der Waals surface area (Å²) in [5.41, 5.74) is 16.3. The van der Waals surface area contributed by atoms with Gasteiger partial charge in [-0.1, -0.05) is 60.7 Å². The number of nitrogens with zero attached hydrogens (tertiary/aromatic N) is 5. The van der Waals surface area contributed by atoms with Crippen LogP contribution >= 0.6 is 0 Å². The minimum absolute atomic E-state index is 0.679.